The highest BCUT2D eigenvalue weighted by Crippen LogP contribution is 2.39. The second kappa shape index (κ2) is 6.39. The van der Waals surface area contributed by atoms with Crippen LogP contribution in [0.25, 0.3) is 0 Å². The van der Waals surface area contributed by atoms with Gasteiger partial charge in [-0.2, -0.15) is 0 Å². The molecule has 4 unspecified atom stereocenters. The van der Waals surface area contributed by atoms with E-state index >= 15 is 0 Å². The minimum Gasteiger partial charge on any atom is -0.391 e. The molecule has 0 aliphatic carbocycles. The van der Waals surface area contributed by atoms with Gasteiger partial charge in [-0.15, -0.1) is 0 Å². The fourth-order valence-electron chi connectivity index (χ4n) is 3.25. The molecule has 24 heavy (non-hydrogen) atoms. The Kier molecular flexibility index (Phi) is 4.84. The van der Waals surface area contributed by atoms with Crippen molar-refractivity contribution in [2.45, 2.75) is 57.3 Å². The second-order valence-electron chi connectivity index (χ2n) is 6.76. The smallest absolute Gasteiger partial charge is 0.247 e. The molecule has 9 heteroatoms. The van der Waals surface area contributed by atoms with Crippen LogP contribution >= 0.6 is 0 Å². The molecule has 2 aliphatic rings. The summed E-state index contributed by atoms with van der Waals surface area (Å²) in [6.45, 7) is 5.04. The summed E-state index contributed by atoms with van der Waals surface area (Å²) in [5.74, 6) is -2.41. The third-order valence-corrected chi connectivity index (χ3v) is 4.69. The number of hydrogen-bond acceptors (Lipinski definition) is 5. The van der Waals surface area contributed by atoms with Crippen molar-refractivity contribution in [1.29, 1.82) is 0 Å². The fourth-order valence-corrected chi connectivity index (χ4v) is 3.25. The van der Waals surface area contributed by atoms with Crippen LogP contribution in [-0.2, 0) is 19.2 Å². The molecule has 2 rings (SSSR count). The van der Waals surface area contributed by atoms with Gasteiger partial charge in [0.2, 0.25) is 23.6 Å². The minimum atomic E-state index is -1.25. The van der Waals surface area contributed by atoms with E-state index in [2.05, 4.69) is 10.6 Å². The number of aliphatic hydroxyl groups is 1. The molecule has 9 nitrogen and oxygen atoms in total. The van der Waals surface area contributed by atoms with Crippen molar-refractivity contribution < 1.29 is 24.3 Å². The molecule has 2 fully saturated rings. The molecule has 4 atom stereocenters. The topological polar surface area (TPSA) is 142 Å². The van der Waals surface area contributed by atoms with Crippen LogP contribution in [0.4, 0.5) is 0 Å². The van der Waals surface area contributed by atoms with Gasteiger partial charge in [-0.3, -0.25) is 19.2 Å². The Hall–Kier alpha value is -2.16. The van der Waals surface area contributed by atoms with Crippen LogP contribution in [0.5, 0.6) is 0 Å². The first kappa shape index (κ1) is 18.2. The zero-order chi connectivity index (χ0) is 18.2. The van der Waals surface area contributed by atoms with E-state index in [9.17, 15) is 24.3 Å². The highest BCUT2D eigenvalue weighted by molar-refractivity contribution is 6.01. The zero-order valence-corrected chi connectivity index (χ0v) is 14.0. The molecule has 1 spiro atoms. The van der Waals surface area contributed by atoms with Crippen molar-refractivity contribution in [3.05, 3.63) is 0 Å². The number of nitrogens with two attached hydrogens (primary N) is 1. The molecule has 2 aliphatic heterocycles. The largest absolute Gasteiger partial charge is 0.391 e. The molecule has 2 heterocycles. The highest BCUT2D eigenvalue weighted by Gasteiger charge is 2.60. The Morgan fingerprint density at radius 1 is 1.38 bits per heavy atom. The number of carbonyl (C=O) groups excluding carboxylic acids is 4. The normalized spacial score (nSPS) is 28.3. The van der Waals surface area contributed by atoms with Gasteiger partial charge in [0, 0.05) is 5.92 Å². The fraction of sp³-hybridized carbons (Fsp3) is 0.733. The first-order valence-corrected chi connectivity index (χ1v) is 8.01. The van der Waals surface area contributed by atoms with Gasteiger partial charge in [0.25, 0.3) is 0 Å². The zero-order valence-electron chi connectivity index (χ0n) is 14.0. The summed E-state index contributed by atoms with van der Waals surface area (Å²) >= 11 is 0. The van der Waals surface area contributed by atoms with Crippen LogP contribution in [0.1, 0.15) is 33.6 Å². The van der Waals surface area contributed by atoms with Crippen LogP contribution in [0, 0.1) is 5.92 Å². The van der Waals surface area contributed by atoms with E-state index in [-0.39, 0.29) is 17.7 Å². The Labute approximate surface area is 139 Å². The Balaban J connectivity index is 2.24. The number of rotatable bonds is 5. The predicted octanol–water partition coefficient (Wildman–Crippen LogP) is -2.15. The quantitative estimate of drug-likeness (QED) is 0.422. The van der Waals surface area contributed by atoms with Crippen molar-refractivity contribution in [2.75, 3.05) is 6.54 Å². The van der Waals surface area contributed by atoms with E-state index in [0.717, 1.165) is 0 Å². The van der Waals surface area contributed by atoms with Crippen LogP contribution in [0.15, 0.2) is 0 Å². The van der Waals surface area contributed by atoms with E-state index in [4.69, 9.17) is 5.73 Å². The van der Waals surface area contributed by atoms with E-state index in [1.807, 2.05) is 0 Å². The Morgan fingerprint density at radius 2 is 2.00 bits per heavy atom. The van der Waals surface area contributed by atoms with Gasteiger partial charge in [-0.05, 0) is 19.8 Å². The number of nitrogens with zero attached hydrogens (tertiary/aromatic N) is 1. The van der Waals surface area contributed by atoms with Gasteiger partial charge >= 0.3 is 0 Å². The first-order valence-electron chi connectivity index (χ1n) is 8.01. The van der Waals surface area contributed by atoms with Crippen molar-refractivity contribution >= 4 is 23.6 Å². The summed E-state index contributed by atoms with van der Waals surface area (Å²) in [7, 11) is 0. The third kappa shape index (κ3) is 2.83. The molecule has 2 saturated heterocycles. The Morgan fingerprint density at radius 3 is 2.38 bits per heavy atom. The van der Waals surface area contributed by atoms with Crippen molar-refractivity contribution in [1.82, 2.24) is 15.5 Å². The maximum atomic E-state index is 12.6. The number of amides is 4. The molecular weight excluding hydrogens is 316 g/mol. The lowest BCUT2D eigenvalue weighted by Crippen LogP contribution is -2.74. The standard InChI is InChI=1S/C15H24N4O5/c1-7(2)13(23)19-9(4-5-15(19)6-17-14(15)24)12(22)18-10(8(3)20)11(16)21/h7-10,20H,4-6H2,1-3H3,(H2,16,21)(H,17,24)(H,18,22). The molecule has 0 radical (unpaired) electrons. The van der Waals surface area contributed by atoms with Gasteiger partial charge < -0.3 is 26.4 Å². The van der Waals surface area contributed by atoms with Crippen LogP contribution in [0.2, 0.25) is 0 Å². The molecular formula is C15H24N4O5. The van der Waals surface area contributed by atoms with E-state index in [0.29, 0.717) is 19.4 Å². The number of nitrogens with one attached hydrogen (secondary N) is 2. The molecule has 0 aromatic heterocycles. The maximum Gasteiger partial charge on any atom is 0.247 e. The summed E-state index contributed by atoms with van der Waals surface area (Å²) in [5, 5.41) is 14.6. The number of likely N-dealkylation sites (tertiary alicyclic amines) is 1. The number of carbonyl (C=O) groups is 4. The third-order valence-electron chi connectivity index (χ3n) is 4.69. The molecule has 134 valence electrons. The lowest BCUT2D eigenvalue weighted by Gasteiger charge is -2.46. The second-order valence-corrected chi connectivity index (χ2v) is 6.76. The van der Waals surface area contributed by atoms with Crippen molar-refractivity contribution in [2.24, 2.45) is 11.7 Å². The monoisotopic (exact) mass is 340 g/mol. The van der Waals surface area contributed by atoms with E-state index < -0.39 is 35.5 Å². The molecule has 4 amide bonds. The molecule has 0 aromatic rings. The highest BCUT2D eigenvalue weighted by atomic mass is 16.3. The van der Waals surface area contributed by atoms with Crippen molar-refractivity contribution in [3.8, 4) is 0 Å². The molecule has 5 N–H and O–H groups in total. The summed E-state index contributed by atoms with van der Waals surface area (Å²) in [4.78, 5) is 49.9. The summed E-state index contributed by atoms with van der Waals surface area (Å²) in [6, 6.07) is -2.12. The van der Waals surface area contributed by atoms with E-state index in [1.165, 1.54) is 11.8 Å². The molecule has 0 saturated carbocycles. The number of β-lactam (4-membered cyclic amide) rings is 1. The maximum absolute atomic E-state index is 12.6. The molecule has 0 bridgehead atoms. The van der Waals surface area contributed by atoms with E-state index in [1.54, 1.807) is 13.8 Å². The minimum absolute atomic E-state index is 0.270. The Bertz CT molecular complexity index is 576. The predicted molar refractivity (Wildman–Crippen MR) is 83.3 cm³/mol. The molecule has 0 aromatic carbocycles. The van der Waals surface area contributed by atoms with Crippen LogP contribution in [-0.4, -0.2) is 63.9 Å². The number of aliphatic hydroxyl groups excluding tert-OH is 1. The van der Waals surface area contributed by atoms with Crippen LogP contribution in [0.3, 0.4) is 0 Å². The average molecular weight is 340 g/mol. The van der Waals surface area contributed by atoms with Crippen LogP contribution < -0.4 is 16.4 Å². The summed E-state index contributed by atoms with van der Waals surface area (Å²) < 4.78 is 0. The van der Waals surface area contributed by atoms with Gasteiger partial charge in [0.15, 0.2) is 0 Å². The van der Waals surface area contributed by atoms with Crippen molar-refractivity contribution in [3.63, 3.8) is 0 Å². The average Bonchev–Trinajstić information content (AvgIpc) is 2.91. The first-order chi connectivity index (χ1) is 11.1. The number of hydrogen-bond donors (Lipinski definition) is 4. The number of primary amides is 1. The summed E-state index contributed by atoms with van der Waals surface area (Å²) in [5.41, 5.74) is 4.19. The lowest BCUT2D eigenvalue weighted by molar-refractivity contribution is -0.158. The van der Waals surface area contributed by atoms with Gasteiger partial charge in [0.1, 0.15) is 17.6 Å². The van der Waals surface area contributed by atoms with Gasteiger partial charge in [0.05, 0.1) is 12.6 Å². The van der Waals surface area contributed by atoms with Gasteiger partial charge in [-0.25, -0.2) is 0 Å². The summed E-state index contributed by atoms with van der Waals surface area (Å²) in [6.07, 6.45) is -0.475. The lowest BCUT2D eigenvalue weighted by atomic mass is 9.87. The SMILES string of the molecule is CC(C)C(=O)N1C(C(=O)NC(C(N)=O)C(C)O)CCC12CNC2=O. The van der Waals surface area contributed by atoms with Gasteiger partial charge in [-0.1, -0.05) is 13.8 Å².